The second-order valence-corrected chi connectivity index (χ2v) is 9.29. The monoisotopic (exact) mass is 435 g/mol. The molecule has 2 aliphatic rings. The predicted molar refractivity (Wildman–Crippen MR) is 117 cm³/mol. The quantitative estimate of drug-likeness (QED) is 0.644. The van der Waals surface area contributed by atoms with Gasteiger partial charge < -0.3 is 25.9 Å². The highest BCUT2D eigenvalue weighted by Gasteiger charge is 2.44. The lowest BCUT2D eigenvalue weighted by Gasteiger charge is -2.29. The number of ether oxygens (including phenoxy) is 2. The molecule has 4 rings (SSSR count). The van der Waals surface area contributed by atoms with Crippen LogP contribution in [0.15, 0.2) is 15.7 Å². The van der Waals surface area contributed by atoms with Crippen LogP contribution in [0.4, 0.5) is 10.1 Å². The zero-order valence-corrected chi connectivity index (χ0v) is 18.4. The molecule has 31 heavy (non-hydrogen) atoms. The summed E-state index contributed by atoms with van der Waals surface area (Å²) in [6.45, 7) is 5.61. The highest BCUT2D eigenvalue weighted by molar-refractivity contribution is 5.91. The van der Waals surface area contributed by atoms with Gasteiger partial charge in [-0.3, -0.25) is 9.36 Å². The molecule has 0 spiro atoms. The van der Waals surface area contributed by atoms with Crippen LogP contribution in [0, 0.1) is 17.2 Å². The van der Waals surface area contributed by atoms with Crippen LogP contribution < -0.4 is 32.5 Å². The summed E-state index contributed by atoms with van der Waals surface area (Å²) in [5.41, 5.74) is 5.30. The molecule has 0 amide bonds. The second-order valence-electron chi connectivity index (χ2n) is 9.29. The molecule has 0 bridgehead atoms. The van der Waals surface area contributed by atoms with Crippen molar-refractivity contribution in [2.45, 2.75) is 38.8 Å². The minimum Gasteiger partial charge on any atom is -0.492 e. The number of halogens is 1. The Morgan fingerprint density at radius 1 is 1.29 bits per heavy atom. The number of benzene rings is 1. The third-order valence-corrected chi connectivity index (χ3v) is 6.61. The molecule has 2 fully saturated rings. The fraction of sp³-hybridized carbons (Fsp3) is 0.619. The van der Waals surface area contributed by atoms with Crippen LogP contribution >= 0.6 is 0 Å². The van der Waals surface area contributed by atoms with E-state index in [4.69, 9.17) is 21.1 Å². The average Bonchev–Trinajstić information content (AvgIpc) is 3.49. The van der Waals surface area contributed by atoms with Crippen molar-refractivity contribution in [3.8, 4) is 5.75 Å². The van der Waals surface area contributed by atoms with Gasteiger partial charge in [-0.05, 0) is 24.3 Å². The Bertz CT molecular complexity index is 1140. The molecule has 1 aromatic heterocycles. The lowest BCUT2D eigenvalue weighted by Crippen LogP contribution is -2.44. The average molecular weight is 436 g/mol. The van der Waals surface area contributed by atoms with E-state index in [0.29, 0.717) is 29.9 Å². The van der Waals surface area contributed by atoms with Gasteiger partial charge >= 0.3 is 5.69 Å². The van der Waals surface area contributed by atoms with Gasteiger partial charge in [0.1, 0.15) is 11.2 Å². The first-order chi connectivity index (χ1) is 14.6. The van der Waals surface area contributed by atoms with Crippen LogP contribution in [0.1, 0.15) is 32.7 Å². The summed E-state index contributed by atoms with van der Waals surface area (Å²) in [6, 6.07) is 0.858. The zero-order chi connectivity index (χ0) is 22.7. The molecule has 4 N–H and O–H groups in total. The van der Waals surface area contributed by atoms with Crippen molar-refractivity contribution in [3.63, 3.8) is 0 Å². The van der Waals surface area contributed by atoms with E-state index in [1.54, 1.807) is 7.11 Å². The number of nitrogen functional groups attached to an aromatic ring is 1. The maximum Gasteiger partial charge on any atom is 0.350 e. The minimum atomic E-state index is -0.748. The van der Waals surface area contributed by atoms with E-state index in [9.17, 15) is 9.59 Å². The second kappa shape index (κ2) is 7.52. The van der Waals surface area contributed by atoms with Crippen LogP contribution in [0.5, 0.6) is 5.75 Å². The van der Waals surface area contributed by atoms with E-state index in [1.807, 2.05) is 4.90 Å². The maximum atomic E-state index is 15.5. The Kier molecular flexibility index (Phi) is 5.25. The number of rotatable bonds is 6. The topological polar surface area (TPSA) is 118 Å². The van der Waals surface area contributed by atoms with E-state index < -0.39 is 17.1 Å². The first-order valence-corrected chi connectivity index (χ1v) is 10.4. The van der Waals surface area contributed by atoms with Gasteiger partial charge in [0.25, 0.3) is 5.56 Å². The van der Waals surface area contributed by atoms with Gasteiger partial charge in [0.2, 0.25) is 0 Å². The van der Waals surface area contributed by atoms with Crippen molar-refractivity contribution in [2.24, 2.45) is 17.1 Å². The third-order valence-electron chi connectivity index (χ3n) is 6.61. The van der Waals surface area contributed by atoms with Gasteiger partial charge in [0.15, 0.2) is 11.6 Å². The van der Waals surface area contributed by atoms with E-state index >= 15 is 4.39 Å². The highest BCUT2D eigenvalue weighted by Crippen LogP contribution is 2.46. The molecular formula is C21H30FN5O4. The summed E-state index contributed by atoms with van der Waals surface area (Å²) in [5.74, 6) is 5.33. The Hall–Kier alpha value is -2.59. The van der Waals surface area contributed by atoms with E-state index in [0.717, 1.165) is 18.9 Å². The zero-order valence-electron chi connectivity index (χ0n) is 18.4. The summed E-state index contributed by atoms with van der Waals surface area (Å²) in [5, 5.41) is 0.0261. The number of anilines is 1. The number of nitrogens with two attached hydrogens (primary N) is 2. The number of hydrogen-bond donors (Lipinski definition) is 2. The van der Waals surface area contributed by atoms with Gasteiger partial charge in [0, 0.05) is 38.2 Å². The first-order valence-electron chi connectivity index (χ1n) is 10.4. The molecule has 1 saturated heterocycles. The maximum absolute atomic E-state index is 15.5. The highest BCUT2D eigenvalue weighted by atomic mass is 19.1. The summed E-state index contributed by atoms with van der Waals surface area (Å²) < 4.78 is 28.3. The molecule has 2 aromatic rings. The van der Waals surface area contributed by atoms with Crippen LogP contribution in [-0.4, -0.2) is 49.2 Å². The molecule has 0 radical (unpaired) electrons. The molecule has 10 heteroatoms. The Balaban J connectivity index is 1.93. The molecule has 1 aliphatic heterocycles. The molecule has 9 nitrogen and oxygen atoms in total. The minimum absolute atomic E-state index is 0.0261. The molecule has 1 saturated carbocycles. The van der Waals surface area contributed by atoms with Crippen molar-refractivity contribution in [1.29, 1.82) is 0 Å². The Labute approximate surface area is 179 Å². The normalized spacial score (nSPS) is 21.6. The van der Waals surface area contributed by atoms with Crippen molar-refractivity contribution in [2.75, 3.05) is 44.7 Å². The third kappa shape index (κ3) is 3.38. The lowest BCUT2D eigenvalue weighted by atomic mass is 9.78. The summed E-state index contributed by atoms with van der Waals surface area (Å²) in [6.07, 6.45) is 1.57. The molecule has 2 heterocycles. The number of aromatic nitrogens is 2. The van der Waals surface area contributed by atoms with Gasteiger partial charge in [-0.1, -0.05) is 13.8 Å². The van der Waals surface area contributed by atoms with E-state index in [-0.39, 0.29) is 40.2 Å². The molecule has 2 atom stereocenters. The Morgan fingerprint density at radius 3 is 2.55 bits per heavy atom. The lowest BCUT2D eigenvalue weighted by molar-refractivity contribution is 0.130. The largest absolute Gasteiger partial charge is 0.492 e. The van der Waals surface area contributed by atoms with Crippen molar-refractivity contribution in [1.82, 2.24) is 9.24 Å². The van der Waals surface area contributed by atoms with Gasteiger partial charge in [-0.15, -0.1) is 0 Å². The summed E-state index contributed by atoms with van der Waals surface area (Å²) in [4.78, 5) is 27.4. The molecule has 1 aliphatic carbocycles. The van der Waals surface area contributed by atoms with Gasteiger partial charge in [-0.2, -0.15) is 4.68 Å². The fourth-order valence-electron chi connectivity index (χ4n) is 4.95. The van der Waals surface area contributed by atoms with E-state index in [1.165, 1.54) is 11.7 Å². The Morgan fingerprint density at radius 2 is 1.97 bits per heavy atom. The SMILES string of the molecule is COC[C@H](N)[C@H]1CN(c2c(F)cc3c(=O)n(N)c(=O)n(C4CC4)c3c2OC)CC1(C)C. The van der Waals surface area contributed by atoms with Gasteiger partial charge in [-0.25, -0.2) is 9.18 Å². The molecule has 170 valence electrons. The standard InChI is InChI=1S/C21H30FN5O4/c1-21(2)10-25(8-13(21)15(23)9-30-3)17-14(22)7-12-16(18(17)31-4)26(11-5-6-11)20(29)27(24)19(12)28/h7,11,13,15H,5-6,8-10,23-24H2,1-4H3/t13-,15+/m1/s1. The van der Waals surface area contributed by atoms with Crippen LogP contribution in [0.3, 0.4) is 0 Å². The first kappa shape index (κ1) is 21.6. The predicted octanol–water partition coefficient (Wildman–Crippen LogP) is 0.796. The molecular weight excluding hydrogens is 405 g/mol. The summed E-state index contributed by atoms with van der Waals surface area (Å²) in [7, 11) is 3.02. The molecule has 0 unspecified atom stereocenters. The molecule has 1 aromatic carbocycles. The number of hydrogen-bond acceptors (Lipinski definition) is 7. The van der Waals surface area contributed by atoms with Crippen LogP contribution in [0.25, 0.3) is 10.9 Å². The van der Waals surface area contributed by atoms with Crippen molar-refractivity contribution in [3.05, 3.63) is 32.7 Å². The van der Waals surface area contributed by atoms with Gasteiger partial charge in [0.05, 0.1) is 19.1 Å². The number of methoxy groups -OCH3 is 2. The van der Waals surface area contributed by atoms with E-state index in [2.05, 4.69) is 13.8 Å². The van der Waals surface area contributed by atoms with Crippen molar-refractivity contribution < 1.29 is 13.9 Å². The smallest absolute Gasteiger partial charge is 0.350 e. The van der Waals surface area contributed by atoms with Crippen molar-refractivity contribution >= 4 is 16.6 Å². The number of nitrogens with zero attached hydrogens (tertiary/aromatic N) is 3. The van der Waals surface area contributed by atoms with Crippen LogP contribution in [-0.2, 0) is 4.74 Å². The summed E-state index contributed by atoms with van der Waals surface area (Å²) >= 11 is 0. The fourth-order valence-corrected chi connectivity index (χ4v) is 4.95. The number of fused-ring (bicyclic) bond motifs is 1. The van der Waals surface area contributed by atoms with Crippen LogP contribution in [0.2, 0.25) is 0 Å².